The van der Waals surface area contributed by atoms with Crippen molar-refractivity contribution in [1.29, 1.82) is 0 Å². The van der Waals surface area contributed by atoms with Crippen LogP contribution in [0.1, 0.15) is 12.2 Å². The van der Waals surface area contributed by atoms with Crippen LogP contribution in [0.2, 0.25) is 0 Å². The molecule has 1 aliphatic rings. The predicted octanol–water partition coefficient (Wildman–Crippen LogP) is 3.09. The third-order valence-corrected chi connectivity index (χ3v) is 4.41. The summed E-state index contributed by atoms with van der Waals surface area (Å²) in [5, 5.41) is 0. The number of carbonyl (C=O) groups is 1. The topological polar surface area (TPSA) is 45.9 Å². The molecule has 1 aromatic heterocycles. The molecule has 1 saturated heterocycles. The molecular weight excluding hydrogens is 387 g/mol. The van der Waals surface area contributed by atoms with Crippen LogP contribution in [0.5, 0.6) is 5.75 Å². The van der Waals surface area contributed by atoms with Gasteiger partial charge in [-0.25, -0.2) is 13.2 Å². The first-order valence-corrected chi connectivity index (χ1v) is 8.55. The molecule has 10 heteroatoms. The zero-order valence-corrected chi connectivity index (χ0v) is 14.7. The molecule has 1 amide bonds. The van der Waals surface area contributed by atoms with Crippen LogP contribution in [0, 0.1) is 29.1 Å². The molecule has 0 bridgehead atoms. The van der Waals surface area contributed by atoms with Gasteiger partial charge >= 0.3 is 0 Å². The van der Waals surface area contributed by atoms with Crippen molar-refractivity contribution in [3.8, 4) is 5.75 Å². The van der Waals surface area contributed by atoms with Gasteiger partial charge in [-0.1, -0.05) is 0 Å². The highest BCUT2D eigenvalue weighted by Crippen LogP contribution is 2.29. The van der Waals surface area contributed by atoms with E-state index in [1.165, 1.54) is 4.90 Å². The Morgan fingerprint density at radius 3 is 2.29 bits per heavy atom. The minimum Gasteiger partial charge on any atom is -0.477 e. The first kappa shape index (κ1) is 20.1. The minimum absolute atomic E-state index is 0.333. The number of carbonyl (C=O) groups excluding carboxylic acids is 1. The fourth-order valence-corrected chi connectivity index (χ4v) is 2.94. The molecule has 28 heavy (non-hydrogen) atoms. The number of ether oxygens (including phenoxy) is 1. The molecule has 1 fully saturated rings. The van der Waals surface area contributed by atoms with Crippen molar-refractivity contribution in [2.75, 3.05) is 32.8 Å². The van der Waals surface area contributed by atoms with E-state index in [1.54, 1.807) is 12.3 Å². The van der Waals surface area contributed by atoms with Crippen molar-refractivity contribution in [3.05, 3.63) is 53.2 Å². The van der Waals surface area contributed by atoms with E-state index in [1.807, 2.05) is 6.07 Å². The van der Waals surface area contributed by atoms with Gasteiger partial charge in [0, 0.05) is 26.2 Å². The molecule has 3 rings (SSSR count). The predicted molar refractivity (Wildman–Crippen MR) is 86.9 cm³/mol. The molecule has 0 atom stereocenters. The summed E-state index contributed by atoms with van der Waals surface area (Å²) in [7, 11) is 0. The van der Waals surface area contributed by atoms with Crippen molar-refractivity contribution in [2.24, 2.45) is 0 Å². The number of hydrogen-bond acceptors (Lipinski definition) is 4. The maximum absolute atomic E-state index is 13.6. The van der Waals surface area contributed by atoms with Gasteiger partial charge in [0.05, 0.1) is 12.8 Å². The van der Waals surface area contributed by atoms with Gasteiger partial charge in [-0.2, -0.15) is 8.78 Å². The summed E-state index contributed by atoms with van der Waals surface area (Å²) in [5.41, 5.74) is 0. The minimum atomic E-state index is -2.28. The van der Waals surface area contributed by atoms with E-state index < -0.39 is 47.3 Å². The van der Waals surface area contributed by atoms with E-state index in [9.17, 15) is 26.7 Å². The van der Waals surface area contributed by atoms with Crippen molar-refractivity contribution in [2.45, 2.75) is 13.0 Å². The molecule has 0 aliphatic carbocycles. The second-order valence-corrected chi connectivity index (χ2v) is 6.28. The fraction of sp³-hybridized carbons (Fsp3) is 0.389. The molecule has 2 aromatic rings. The van der Waals surface area contributed by atoms with Gasteiger partial charge in [-0.05, 0) is 18.6 Å². The van der Waals surface area contributed by atoms with Crippen molar-refractivity contribution >= 4 is 5.91 Å². The Balaban J connectivity index is 1.58. The van der Waals surface area contributed by atoms with Gasteiger partial charge in [-0.15, -0.1) is 0 Å². The zero-order valence-electron chi connectivity index (χ0n) is 14.7. The van der Waals surface area contributed by atoms with E-state index in [0.717, 1.165) is 5.76 Å². The molecule has 0 radical (unpaired) electrons. The van der Waals surface area contributed by atoms with Crippen molar-refractivity contribution < 1.29 is 35.9 Å². The molecule has 0 unspecified atom stereocenters. The van der Waals surface area contributed by atoms with E-state index in [-0.39, 0.29) is 0 Å². The van der Waals surface area contributed by atoms with Crippen LogP contribution in [0.15, 0.2) is 22.8 Å². The van der Waals surface area contributed by atoms with Crippen LogP contribution in [0.3, 0.4) is 0 Å². The number of benzene rings is 1. The van der Waals surface area contributed by atoms with E-state index >= 15 is 0 Å². The van der Waals surface area contributed by atoms with Crippen LogP contribution in [-0.2, 0) is 11.3 Å². The maximum Gasteiger partial charge on any atom is 0.260 e. The van der Waals surface area contributed by atoms with Gasteiger partial charge in [0.2, 0.25) is 29.1 Å². The Hall–Kier alpha value is -2.62. The number of furan rings is 1. The number of hydrogen-bond donors (Lipinski definition) is 0. The molecule has 0 N–H and O–H groups in total. The Kier molecular flexibility index (Phi) is 6.18. The Bertz CT molecular complexity index is 815. The number of rotatable bonds is 5. The van der Waals surface area contributed by atoms with Crippen LogP contribution < -0.4 is 4.74 Å². The number of amides is 1. The highest BCUT2D eigenvalue weighted by molar-refractivity contribution is 5.77. The quantitative estimate of drug-likeness (QED) is 0.437. The highest BCUT2D eigenvalue weighted by Gasteiger charge is 2.28. The molecule has 2 heterocycles. The first-order valence-electron chi connectivity index (χ1n) is 8.55. The second kappa shape index (κ2) is 8.59. The SMILES string of the molecule is O=C(COc1c(F)c(F)c(F)c(F)c1F)N1CCCN(Cc2ccco2)CC1. The normalized spacial score (nSPS) is 15.5. The van der Waals surface area contributed by atoms with Crippen molar-refractivity contribution in [1.82, 2.24) is 9.80 Å². The second-order valence-electron chi connectivity index (χ2n) is 6.28. The average Bonchev–Trinajstić information content (AvgIpc) is 3.08. The zero-order chi connectivity index (χ0) is 20.3. The van der Waals surface area contributed by atoms with Crippen LogP contribution in [0.4, 0.5) is 22.0 Å². The fourth-order valence-electron chi connectivity index (χ4n) is 2.94. The van der Waals surface area contributed by atoms with E-state index in [0.29, 0.717) is 39.1 Å². The van der Waals surface area contributed by atoms with Crippen LogP contribution in [-0.4, -0.2) is 48.5 Å². The summed E-state index contributed by atoms with van der Waals surface area (Å²) in [4.78, 5) is 15.8. The summed E-state index contributed by atoms with van der Waals surface area (Å²) < 4.78 is 76.5. The lowest BCUT2D eigenvalue weighted by Crippen LogP contribution is -2.38. The summed E-state index contributed by atoms with van der Waals surface area (Å²) >= 11 is 0. The molecular formula is C18H17F5N2O3. The summed E-state index contributed by atoms with van der Waals surface area (Å²) in [6, 6.07) is 3.62. The summed E-state index contributed by atoms with van der Waals surface area (Å²) in [6.07, 6.45) is 2.22. The largest absolute Gasteiger partial charge is 0.477 e. The first-order chi connectivity index (χ1) is 13.4. The van der Waals surface area contributed by atoms with Gasteiger partial charge in [0.15, 0.2) is 12.4 Å². The lowest BCUT2D eigenvalue weighted by Gasteiger charge is -2.21. The van der Waals surface area contributed by atoms with Gasteiger partial charge in [0.1, 0.15) is 5.76 Å². The van der Waals surface area contributed by atoms with Crippen LogP contribution >= 0.6 is 0 Å². The third kappa shape index (κ3) is 4.27. The molecule has 152 valence electrons. The molecule has 0 spiro atoms. The molecule has 5 nitrogen and oxygen atoms in total. The van der Waals surface area contributed by atoms with E-state index in [2.05, 4.69) is 9.64 Å². The summed E-state index contributed by atoms with van der Waals surface area (Å²) in [5.74, 6) is -12.0. The smallest absolute Gasteiger partial charge is 0.260 e. The Morgan fingerprint density at radius 1 is 0.964 bits per heavy atom. The number of halogens is 5. The summed E-state index contributed by atoms with van der Waals surface area (Å²) in [6.45, 7) is 1.71. The Morgan fingerprint density at radius 2 is 1.64 bits per heavy atom. The molecule has 1 aliphatic heterocycles. The lowest BCUT2D eigenvalue weighted by atomic mass is 10.2. The maximum atomic E-state index is 13.6. The third-order valence-electron chi connectivity index (χ3n) is 4.41. The number of nitrogens with zero attached hydrogens (tertiary/aromatic N) is 2. The molecule has 0 saturated carbocycles. The Labute approximate surface area is 157 Å². The van der Waals surface area contributed by atoms with Gasteiger partial charge in [0.25, 0.3) is 5.91 Å². The van der Waals surface area contributed by atoms with Gasteiger partial charge < -0.3 is 14.1 Å². The monoisotopic (exact) mass is 404 g/mol. The standard InChI is InChI=1S/C18H17F5N2O3/c19-13-14(20)16(22)18(17(23)15(13)21)28-10-12(26)25-5-2-4-24(6-7-25)9-11-3-1-8-27-11/h1,3,8H,2,4-7,9-10H2. The van der Waals surface area contributed by atoms with E-state index in [4.69, 9.17) is 4.42 Å². The van der Waals surface area contributed by atoms with Crippen LogP contribution in [0.25, 0.3) is 0 Å². The highest BCUT2D eigenvalue weighted by atomic mass is 19.2. The average molecular weight is 404 g/mol. The van der Waals surface area contributed by atoms with Crippen molar-refractivity contribution in [3.63, 3.8) is 0 Å². The lowest BCUT2D eigenvalue weighted by molar-refractivity contribution is -0.133. The molecule has 1 aromatic carbocycles. The van der Waals surface area contributed by atoms with Gasteiger partial charge in [-0.3, -0.25) is 9.69 Å².